The van der Waals surface area contributed by atoms with Gasteiger partial charge in [0.05, 0.1) is 12.8 Å². The molecule has 0 aliphatic carbocycles. The highest BCUT2D eigenvalue weighted by atomic mass is 32.1. The van der Waals surface area contributed by atoms with Crippen LogP contribution in [-0.2, 0) is 4.79 Å². The van der Waals surface area contributed by atoms with Gasteiger partial charge in [-0.2, -0.15) is 0 Å². The molecule has 0 saturated carbocycles. The molecule has 0 fully saturated rings. The highest BCUT2D eigenvalue weighted by Gasteiger charge is 2.25. The number of carbonyl (C=O) groups is 2. The summed E-state index contributed by atoms with van der Waals surface area (Å²) in [5, 5.41) is 7.73. The normalized spacial score (nSPS) is 11.8. The van der Waals surface area contributed by atoms with Gasteiger partial charge in [0.1, 0.15) is 17.6 Å². The molecule has 0 saturated heterocycles. The van der Waals surface area contributed by atoms with Gasteiger partial charge in [-0.3, -0.25) is 9.59 Å². The molecular formula is C22H22FN3O3S. The lowest BCUT2D eigenvalue weighted by Crippen LogP contribution is -2.47. The second-order valence-corrected chi connectivity index (χ2v) is 7.82. The fourth-order valence-corrected chi connectivity index (χ4v) is 3.49. The van der Waals surface area contributed by atoms with Gasteiger partial charge in [0.2, 0.25) is 5.91 Å². The van der Waals surface area contributed by atoms with E-state index in [1.165, 1.54) is 23.5 Å². The number of aromatic nitrogens is 1. The molecule has 3 aromatic rings. The van der Waals surface area contributed by atoms with Crippen LogP contribution in [0.3, 0.4) is 0 Å². The molecule has 1 heterocycles. The summed E-state index contributed by atoms with van der Waals surface area (Å²) >= 11 is 1.26. The maximum Gasteiger partial charge on any atom is 0.251 e. The standard InChI is InChI=1S/C22H22FN3O3S/c1-13(2)19(25-20(27)15-6-10-17(29-3)11-7-15)21(28)26-22-24-18(12-30-22)14-4-8-16(23)9-5-14/h4-13,19H,1-3H3,(H,25,27)(H,24,26,28)/t19-/m1/s1. The maximum absolute atomic E-state index is 13.1. The number of nitrogens with zero attached hydrogens (tertiary/aromatic N) is 1. The highest BCUT2D eigenvalue weighted by Crippen LogP contribution is 2.25. The summed E-state index contributed by atoms with van der Waals surface area (Å²) in [7, 11) is 1.55. The molecule has 1 atom stereocenters. The molecular weight excluding hydrogens is 405 g/mol. The fraction of sp³-hybridized carbons (Fsp3) is 0.227. The van der Waals surface area contributed by atoms with Gasteiger partial charge in [0.15, 0.2) is 5.13 Å². The molecule has 30 heavy (non-hydrogen) atoms. The van der Waals surface area contributed by atoms with Crippen LogP contribution in [0.5, 0.6) is 5.75 Å². The first-order valence-electron chi connectivity index (χ1n) is 9.34. The summed E-state index contributed by atoms with van der Waals surface area (Å²) in [6, 6.07) is 11.9. The van der Waals surface area contributed by atoms with Crippen molar-refractivity contribution in [2.45, 2.75) is 19.9 Å². The molecule has 0 bridgehead atoms. The number of hydrogen-bond donors (Lipinski definition) is 2. The lowest BCUT2D eigenvalue weighted by molar-refractivity contribution is -0.118. The molecule has 156 valence electrons. The Balaban J connectivity index is 1.68. The van der Waals surface area contributed by atoms with Crippen LogP contribution < -0.4 is 15.4 Å². The van der Waals surface area contributed by atoms with Crippen molar-refractivity contribution in [3.05, 3.63) is 65.3 Å². The number of anilines is 1. The molecule has 0 aliphatic heterocycles. The zero-order valence-electron chi connectivity index (χ0n) is 16.8. The number of methoxy groups -OCH3 is 1. The third-order valence-electron chi connectivity index (χ3n) is 4.46. The minimum Gasteiger partial charge on any atom is -0.497 e. The Bertz CT molecular complexity index is 1020. The van der Waals surface area contributed by atoms with Gasteiger partial charge in [-0.15, -0.1) is 11.3 Å². The van der Waals surface area contributed by atoms with Crippen LogP contribution in [0.4, 0.5) is 9.52 Å². The van der Waals surface area contributed by atoms with Crippen LogP contribution >= 0.6 is 11.3 Å². The summed E-state index contributed by atoms with van der Waals surface area (Å²) in [5.41, 5.74) is 1.82. The van der Waals surface area contributed by atoms with Gasteiger partial charge in [0, 0.05) is 16.5 Å². The molecule has 6 nitrogen and oxygen atoms in total. The van der Waals surface area contributed by atoms with Crippen molar-refractivity contribution in [1.82, 2.24) is 10.3 Å². The van der Waals surface area contributed by atoms with Crippen molar-refractivity contribution < 1.29 is 18.7 Å². The van der Waals surface area contributed by atoms with E-state index >= 15 is 0 Å². The van der Waals surface area contributed by atoms with E-state index in [-0.39, 0.29) is 23.5 Å². The number of amides is 2. The number of hydrogen-bond acceptors (Lipinski definition) is 5. The van der Waals surface area contributed by atoms with Gasteiger partial charge >= 0.3 is 0 Å². The number of carbonyl (C=O) groups excluding carboxylic acids is 2. The minimum absolute atomic E-state index is 0.135. The van der Waals surface area contributed by atoms with E-state index in [4.69, 9.17) is 4.74 Å². The SMILES string of the molecule is COc1ccc(C(=O)N[C@@H](C(=O)Nc2nc(-c3ccc(F)cc3)cs2)C(C)C)cc1. The first kappa shape index (κ1) is 21.4. The van der Waals surface area contributed by atoms with Crippen molar-refractivity contribution >= 4 is 28.3 Å². The molecule has 0 radical (unpaired) electrons. The van der Waals surface area contributed by atoms with Crippen molar-refractivity contribution in [3.63, 3.8) is 0 Å². The Hall–Kier alpha value is -3.26. The quantitative estimate of drug-likeness (QED) is 0.587. The number of nitrogens with one attached hydrogen (secondary N) is 2. The minimum atomic E-state index is -0.738. The van der Waals surface area contributed by atoms with E-state index in [1.807, 2.05) is 13.8 Å². The second-order valence-electron chi connectivity index (χ2n) is 6.96. The predicted octanol–water partition coefficient (Wildman–Crippen LogP) is 4.35. The van der Waals surface area contributed by atoms with Crippen LogP contribution in [0.1, 0.15) is 24.2 Å². The van der Waals surface area contributed by atoms with Gasteiger partial charge in [-0.05, 0) is 54.4 Å². The molecule has 1 aromatic heterocycles. The molecule has 2 aromatic carbocycles. The van der Waals surface area contributed by atoms with E-state index in [1.54, 1.807) is 48.9 Å². The van der Waals surface area contributed by atoms with E-state index in [0.717, 1.165) is 5.56 Å². The third kappa shape index (κ3) is 5.21. The van der Waals surface area contributed by atoms with E-state index in [2.05, 4.69) is 15.6 Å². The fourth-order valence-electron chi connectivity index (χ4n) is 2.77. The van der Waals surface area contributed by atoms with Crippen molar-refractivity contribution in [2.24, 2.45) is 5.92 Å². The summed E-state index contributed by atoms with van der Waals surface area (Å²) < 4.78 is 18.2. The van der Waals surface area contributed by atoms with Crippen molar-refractivity contribution in [1.29, 1.82) is 0 Å². The molecule has 0 unspecified atom stereocenters. The average Bonchev–Trinajstić information content (AvgIpc) is 3.20. The Morgan fingerprint density at radius 1 is 1.07 bits per heavy atom. The summed E-state index contributed by atoms with van der Waals surface area (Å²) in [6.45, 7) is 3.70. The number of benzene rings is 2. The van der Waals surface area contributed by atoms with Gasteiger partial charge < -0.3 is 15.4 Å². The van der Waals surface area contributed by atoms with Crippen LogP contribution in [0, 0.1) is 11.7 Å². The maximum atomic E-state index is 13.1. The van der Waals surface area contributed by atoms with Gasteiger partial charge in [0.25, 0.3) is 5.91 Å². The summed E-state index contributed by atoms with van der Waals surface area (Å²) in [6.07, 6.45) is 0. The van der Waals surface area contributed by atoms with Gasteiger partial charge in [-0.1, -0.05) is 13.8 Å². The van der Waals surface area contributed by atoms with Crippen LogP contribution in [0.25, 0.3) is 11.3 Å². The second kappa shape index (κ2) is 9.49. The Morgan fingerprint density at radius 2 is 1.73 bits per heavy atom. The van der Waals surface area contributed by atoms with Crippen LogP contribution in [0.2, 0.25) is 0 Å². The highest BCUT2D eigenvalue weighted by molar-refractivity contribution is 7.14. The topological polar surface area (TPSA) is 80.3 Å². The van der Waals surface area contributed by atoms with Crippen LogP contribution in [0.15, 0.2) is 53.9 Å². The first-order chi connectivity index (χ1) is 14.4. The third-order valence-corrected chi connectivity index (χ3v) is 5.22. The molecule has 8 heteroatoms. The van der Waals surface area contributed by atoms with Gasteiger partial charge in [-0.25, -0.2) is 9.37 Å². The van der Waals surface area contributed by atoms with Crippen molar-refractivity contribution in [3.8, 4) is 17.0 Å². The lowest BCUT2D eigenvalue weighted by atomic mass is 10.0. The predicted molar refractivity (Wildman–Crippen MR) is 115 cm³/mol. The molecule has 0 aliphatic rings. The largest absolute Gasteiger partial charge is 0.497 e. The average molecular weight is 428 g/mol. The summed E-state index contributed by atoms with van der Waals surface area (Å²) in [4.78, 5) is 29.7. The number of rotatable bonds is 7. The molecule has 2 N–H and O–H groups in total. The number of thiazole rings is 1. The number of halogens is 1. The van der Waals surface area contributed by atoms with E-state index in [9.17, 15) is 14.0 Å². The molecule has 0 spiro atoms. The van der Waals surface area contributed by atoms with Crippen molar-refractivity contribution in [2.75, 3.05) is 12.4 Å². The smallest absolute Gasteiger partial charge is 0.251 e. The Kier molecular flexibility index (Phi) is 6.79. The monoisotopic (exact) mass is 427 g/mol. The first-order valence-corrected chi connectivity index (χ1v) is 10.2. The number of ether oxygens (including phenoxy) is 1. The lowest BCUT2D eigenvalue weighted by Gasteiger charge is -2.21. The van der Waals surface area contributed by atoms with E-state index < -0.39 is 6.04 Å². The zero-order valence-corrected chi connectivity index (χ0v) is 17.6. The van der Waals surface area contributed by atoms with E-state index in [0.29, 0.717) is 22.1 Å². The zero-order chi connectivity index (χ0) is 21.7. The molecule has 3 rings (SSSR count). The Morgan fingerprint density at radius 3 is 2.33 bits per heavy atom. The summed E-state index contributed by atoms with van der Waals surface area (Å²) in [5.74, 6) is -0.520. The van der Waals surface area contributed by atoms with Crippen LogP contribution in [-0.4, -0.2) is 29.9 Å². The molecule has 2 amide bonds. The Labute approximate surface area is 178 Å².